The topological polar surface area (TPSA) is 86.8 Å². The van der Waals surface area contributed by atoms with Gasteiger partial charge in [-0.3, -0.25) is 4.79 Å². The van der Waals surface area contributed by atoms with Crippen LogP contribution in [0.25, 0.3) is 0 Å². The normalized spacial score (nSPS) is 22.2. The zero-order valence-corrected chi connectivity index (χ0v) is 14.2. The monoisotopic (exact) mass is 354 g/mol. The summed E-state index contributed by atoms with van der Waals surface area (Å²) >= 11 is 0. The van der Waals surface area contributed by atoms with Crippen molar-refractivity contribution in [1.29, 1.82) is 5.26 Å². The van der Waals surface area contributed by atoms with Crippen LogP contribution in [-0.4, -0.2) is 40.0 Å². The van der Waals surface area contributed by atoms with E-state index in [4.69, 9.17) is 5.26 Å². The highest BCUT2D eigenvalue weighted by Gasteiger charge is 2.37. The Hall–Kier alpha value is -2.95. The summed E-state index contributed by atoms with van der Waals surface area (Å²) in [6, 6.07) is 6.07. The number of hydrogen-bond acceptors (Lipinski definition) is 5. The lowest BCUT2D eigenvalue weighted by molar-refractivity contribution is -0.122. The fraction of sp³-hybridized carbons (Fsp3) is 0.444. The maximum absolute atomic E-state index is 14.4. The van der Waals surface area contributed by atoms with Gasteiger partial charge in [-0.15, -0.1) is 5.10 Å². The molecule has 1 aromatic heterocycles. The number of nitrogens with one attached hydrogen (secondary N) is 1. The first-order valence-corrected chi connectivity index (χ1v) is 8.74. The third kappa shape index (κ3) is 3.38. The van der Waals surface area contributed by atoms with Gasteiger partial charge >= 0.3 is 0 Å². The number of amides is 1. The fourth-order valence-electron chi connectivity index (χ4n) is 3.47. The van der Waals surface area contributed by atoms with Gasteiger partial charge in [0.05, 0.1) is 35.6 Å². The van der Waals surface area contributed by atoms with Crippen molar-refractivity contribution in [1.82, 2.24) is 20.3 Å². The second kappa shape index (κ2) is 6.75. The van der Waals surface area contributed by atoms with E-state index in [1.165, 1.54) is 6.07 Å². The first-order valence-electron chi connectivity index (χ1n) is 8.74. The molecule has 2 atom stereocenters. The average Bonchev–Trinajstić information content (AvgIpc) is 3.10. The van der Waals surface area contributed by atoms with Gasteiger partial charge in [0.1, 0.15) is 5.82 Å². The Kier molecular flexibility index (Phi) is 4.29. The van der Waals surface area contributed by atoms with Crippen molar-refractivity contribution in [2.45, 2.75) is 31.3 Å². The van der Waals surface area contributed by atoms with Crippen LogP contribution < -0.4 is 10.2 Å². The van der Waals surface area contributed by atoms with Crippen LogP contribution in [0.1, 0.15) is 30.9 Å². The van der Waals surface area contributed by atoms with E-state index in [1.807, 2.05) is 11.0 Å². The lowest BCUT2D eigenvalue weighted by Gasteiger charge is -2.19. The Morgan fingerprint density at radius 1 is 1.38 bits per heavy atom. The molecular weight excluding hydrogens is 335 g/mol. The summed E-state index contributed by atoms with van der Waals surface area (Å²) in [5, 5.41) is 19.9. The Labute approximate surface area is 150 Å². The highest BCUT2D eigenvalue weighted by Crippen LogP contribution is 2.33. The average molecular weight is 354 g/mol. The first-order chi connectivity index (χ1) is 12.6. The van der Waals surface area contributed by atoms with E-state index in [0.717, 1.165) is 12.8 Å². The van der Waals surface area contributed by atoms with E-state index in [2.05, 4.69) is 15.6 Å². The molecule has 1 aliphatic carbocycles. The molecule has 0 unspecified atom stereocenters. The Bertz CT molecular complexity index is 842. The molecule has 134 valence electrons. The van der Waals surface area contributed by atoms with Crippen molar-refractivity contribution in [2.24, 2.45) is 5.92 Å². The van der Waals surface area contributed by atoms with Crippen molar-refractivity contribution in [3.05, 3.63) is 42.0 Å². The molecule has 26 heavy (non-hydrogen) atoms. The van der Waals surface area contributed by atoms with E-state index < -0.39 is 5.82 Å². The molecule has 1 saturated heterocycles. The van der Waals surface area contributed by atoms with Gasteiger partial charge < -0.3 is 10.2 Å². The highest BCUT2D eigenvalue weighted by molar-refractivity contribution is 5.77. The molecule has 0 radical (unpaired) electrons. The van der Waals surface area contributed by atoms with Crippen molar-refractivity contribution >= 4 is 11.6 Å². The van der Waals surface area contributed by atoms with E-state index >= 15 is 0 Å². The molecular formula is C18H19FN6O. The van der Waals surface area contributed by atoms with Crippen LogP contribution in [0, 0.1) is 23.1 Å². The van der Waals surface area contributed by atoms with Gasteiger partial charge in [0.2, 0.25) is 5.91 Å². The molecule has 7 nitrogen and oxygen atoms in total. The first kappa shape index (κ1) is 16.5. The maximum Gasteiger partial charge on any atom is 0.220 e. The largest absolute Gasteiger partial charge is 0.365 e. The third-order valence-electron chi connectivity index (χ3n) is 5.00. The summed E-state index contributed by atoms with van der Waals surface area (Å²) in [6.07, 6.45) is 6.13. The summed E-state index contributed by atoms with van der Waals surface area (Å²) < 4.78 is 16.1. The van der Waals surface area contributed by atoms with Gasteiger partial charge in [0, 0.05) is 25.7 Å². The quantitative estimate of drug-likeness (QED) is 0.882. The smallest absolute Gasteiger partial charge is 0.220 e. The zero-order valence-electron chi connectivity index (χ0n) is 14.2. The van der Waals surface area contributed by atoms with Crippen LogP contribution in [0.4, 0.5) is 10.1 Å². The Morgan fingerprint density at radius 2 is 2.23 bits per heavy atom. The molecule has 2 aromatic rings. The molecule has 1 aliphatic heterocycles. The SMILES string of the molecule is N#Cc1ccc(N2C[C@@H](NC(=O)CC3CC3)[C@@H](n3ccnn3)C2)c(F)c1. The van der Waals surface area contributed by atoms with Crippen molar-refractivity contribution in [3.63, 3.8) is 0 Å². The predicted molar refractivity (Wildman–Crippen MR) is 91.7 cm³/mol. The molecule has 8 heteroatoms. The lowest BCUT2D eigenvalue weighted by Crippen LogP contribution is -2.41. The van der Waals surface area contributed by atoms with E-state index in [-0.39, 0.29) is 23.6 Å². The van der Waals surface area contributed by atoms with Gasteiger partial charge in [-0.25, -0.2) is 9.07 Å². The van der Waals surface area contributed by atoms with E-state index in [9.17, 15) is 9.18 Å². The second-order valence-electron chi connectivity index (χ2n) is 6.95. The summed E-state index contributed by atoms with van der Waals surface area (Å²) in [4.78, 5) is 14.2. The van der Waals surface area contributed by atoms with Crippen LogP contribution in [0.2, 0.25) is 0 Å². The summed E-state index contributed by atoms with van der Waals surface area (Å²) in [5.74, 6) is 0.101. The Morgan fingerprint density at radius 3 is 2.88 bits per heavy atom. The van der Waals surface area contributed by atoms with Crippen LogP contribution >= 0.6 is 0 Å². The van der Waals surface area contributed by atoms with Crippen LogP contribution in [-0.2, 0) is 4.79 Å². The van der Waals surface area contributed by atoms with E-state index in [1.54, 1.807) is 29.2 Å². The van der Waals surface area contributed by atoms with Crippen molar-refractivity contribution < 1.29 is 9.18 Å². The van der Waals surface area contributed by atoms with Crippen molar-refractivity contribution in [3.8, 4) is 6.07 Å². The molecule has 2 aliphatic rings. The summed E-state index contributed by atoms with van der Waals surface area (Å²) in [7, 11) is 0. The Balaban J connectivity index is 1.54. The van der Waals surface area contributed by atoms with Gasteiger partial charge in [-0.1, -0.05) is 5.21 Å². The van der Waals surface area contributed by atoms with Crippen LogP contribution in [0.15, 0.2) is 30.6 Å². The number of hydrogen-bond donors (Lipinski definition) is 1. The predicted octanol–water partition coefficient (Wildman–Crippen LogP) is 1.64. The van der Waals surface area contributed by atoms with Crippen molar-refractivity contribution in [2.75, 3.05) is 18.0 Å². The van der Waals surface area contributed by atoms with Gasteiger partial charge in [0.25, 0.3) is 0 Å². The highest BCUT2D eigenvalue weighted by atomic mass is 19.1. The minimum atomic E-state index is -0.439. The van der Waals surface area contributed by atoms with Gasteiger partial charge in [-0.05, 0) is 37.0 Å². The second-order valence-corrected chi connectivity index (χ2v) is 6.95. The van der Waals surface area contributed by atoms with Crippen LogP contribution in [0.5, 0.6) is 0 Å². The standard InChI is InChI=1S/C18H19FN6O/c19-14-7-13(9-20)3-4-16(14)24-10-15(22-18(26)8-12-1-2-12)17(11-24)25-6-5-21-23-25/h3-7,12,15,17H,1-2,8,10-11H2,(H,22,26)/t15-,17+/m1/s1. The van der Waals surface area contributed by atoms with E-state index in [0.29, 0.717) is 31.1 Å². The molecule has 1 aromatic carbocycles. The molecule has 4 rings (SSSR count). The molecule has 1 amide bonds. The molecule has 0 spiro atoms. The third-order valence-corrected chi connectivity index (χ3v) is 5.00. The number of aromatic nitrogens is 3. The minimum absolute atomic E-state index is 0.0322. The number of nitrogens with zero attached hydrogens (tertiary/aromatic N) is 5. The van der Waals surface area contributed by atoms with Crippen LogP contribution in [0.3, 0.4) is 0 Å². The number of anilines is 1. The zero-order chi connectivity index (χ0) is 18.1. The summed E-state index contributed by atoms with van der Waals surface area (Å²) in [6.45, 7) is 0.976. The summed E-state index contributed by atoms with van der Waals surface area (Å²) in [5.41, 5.74) is 0.709. The molecule has 1 saturated carbocycles. The number of nitriles is 1. The number of benzene rings is 1. The fourth-order valence-corrected chi connectivity index (χ4v) is 3.47. The molecule has 2 fully saturated rings. The minimum Gasteiger partial charge on any atom is -0.365 e. The lowest BCUT2D eigenvalue weighted by atomic mass is 10.1. The molecule has 2 heterocycles. The number of halogens is 1. The molecule has 0 bridgehead atoms. The molecule has 1 N–H and O–H groups in total. The number of carbonyl (C=O) groups excluding carboxylic acids is 1. The number of carbonyl (C=O) groups is 1. The maximum atomic E-state index is 14.4. The van der Waals surface area contributed by atoms with Gasteiger partial charge in [0.15, 0.2) is 0 Å². The van der Waals surface area contributed by atoms with Gasteiger partial charge in [-0.2, -0.15) is 5.26 Å². The number of rotatable bonds is 5.